The smallest absolute Gasteiger partial charge is 0.296 e. The number of halogens is 1. The largest absolute Gasteiger partial charge is 0.496 e. The van der Waals surface area contributed by atoms with E-state index >= 15 is 0 Å². The van der Waals surface area contributed by atoms with Gasteiger partial charge in [-0.1, -0.05) is 6.07 Å². The van der Waals surface area contributed by atoms with E-state index in [1.807, 2.05) is 0 Å². The fourth-order valence-corrected chi connectivity index (χ4v) is 2.97. The molecule has 0 spiro atoms. The van der Waals surface area contributed by atoms with Gasteiger partial charge in [-0.25, -0.2) is 8.42 Å². The van der Waals surface area contributed by atoms with Gasteiger partial charge in [0.15, 0.2) is 5.82 Å². The Bertz CT molecular complexity index is 736. The predicted molar refractivity (Wildman–Crippen MR) is 77.3 cm³/mol. The minimum Gasteiger partial charge on any atom is -0.496 e. The Morgan fingerprint density at radius 1 is 1.19 bits per heavy atom. The average Bonchev–Trinajstić information content (AvgIpc) is 2.89. The van der Waals surface area contributed by atoms with Gasteiger partial charge in [-0.05, 0) is 19.1 Å². The molecule has 21 heavy (non-hydrogen) atoms. The molecule has 9 heteroatoms. The topological polar surface area (TPSA) is 83.3 Å². The molecular weight excluding hydrogens is 318 g/mol. The summed E-state index contributed by atoms with van der Waals surface area (Å²) in [6.07, 6.45) is 0. The third kappa shape index (κ3) is 2.81. The van der Waals surface area contributed by atoms with Crippen LogP contribution < -0.4 is 9.47 Å². The first-order chi connectivity index (χ1) is 9.93. The lowest BCUT2D eigenvalue weighted by Gasteiger charge is -2.13. The van der Waals surface area contributed by atoms with Gasteiger partial charge < -0.3 is 9.47 Å². The van der Waals surface area contributed by atoms with Crippen LogP contribution in [0.3, 0.4) is 0 Å². The molecule has 0 aliphatic heterocycles. The summed E-state index contributed by atoms with van der Waals surface area (Å²) < 4.78 is 35.1. The van der Waals surface area contributed by atoms with E-state index < -0.39 is 9.05 Å². The number of hydrogen-bond acceptors (Lipinski definition) is 6. The Balaban J connectivity index is 2.77. The normalized spacial score (nSPS) is 11.4. The van der Waals surface area contributed by atoms with Gasteiger partial charge in [0.2, 0.25) is 0 Å². The van der Waals surface area contributed by atoms with Crippen molar-refractivity contribution in [2.75, 3.05) is 14.2 Å². The molecule has 1 aromatic carbocycles. The van der Waals surface area contributed by atoms with Crippen molar-refractivity contribution in [3.05, 3.63) is 18.2 Å². The van der Waals surface area contributed by atoms with Crippen molar-refractivity contribution in [3.8, 4) is 22.9 Å². The van der Waals surface area contributed by atoms with Crippen LogP contribution in [0.4, 0.5) is 0 Å². The SMILES string of the molecule is CCn1c(-c2c(OC)cccc2OC)nnc1S(=O)(=O)Cl. The van der Waals surface area contributed by atoms with Crippen molar-refractivity contribution in [2.24, 2.45) is 0 Å². The summed E-state index contributed by atoms with van der Waals surface area (Å²) in [6.45, 7) is 2.09. The molecule has 1 aromatic heterocycles. The van der Waals surface area contributed by atoms with Gasteiger partial charge in [0.05, 0.1) is 14.2 Å². The van der Waals surface area contributed by atoms with Crippen LogP contribution in [-0.4, -0.2) is 37.4 Å². The van der Waals surface area contributed by atoms with Crippen LogP contribution in [0.2, 0.25) is 0 Å². The minimum absolute atomic E-state index is 0.311. The van der Waals surface area contributed by atoms with Gasteiger partial charge >= 0.3 is 0 Å². The Kier molecular flexibility index (Phi) is 4.38. The van der Waals surface area contributed by atoms with Gasteiger partial charge in [0.25, 0.3) is 14.2 Å². The number of rotatable bonds is 5. The second-order valence-electron chi connectivity index (χ2n) is 4.03. The van der Waals surface area contributed by atoms with E-state index in [9.17, 15) is 8.42 Å². The molecule has 2 aromatic rings. The molecule has 114 valence electrons. The number of hydrogen-bond donors (Lipinski definition) is 0. The van der Waals surface area contributed by atoms with Gasteiger partial charge in [-0.15, -0.1) is 10.2 Å². The highest BCUT2D eigenvalue weighted by molar-refractivity contribution is 8.13. The Hall–Kier alpha value is -1.80. The van der Waals surface area contributed by atoms with Crippen LogP contribution >= 0.6 is 10.7 Å². The van der Waals surface area contributed by atoms with Gasteiger partial charge in [-0.3, -0.25) is 4.57 Å². The number of aromatic nitrogens is 3. The number of ether oxygens (including phenoxy) is 2. The first kappa shape index (κ1) is 15.6. The fraction of sp³-hybridized carbons (Fsp3) is 0.333. The molecular formula is C12H14ClN3O4S. The van der Waals surface area contributed by atoms with Crippen molar-refractivity contribution in [2.45, 2.75) is 18.6 Å². The van der Waals surface area contributed by atoms with E-state index in [-0.39, 0.29) is 5.16 Å². The highest BCUT2D eigenvalue weighted by atomic mass is 35.7. The molecule has 0 aliphatic carbocycles. The number of methoxy groups -OCH3 is 2. The van der Waals surface area contributed by atoms with Gasteiger partial charge in [0.1, 0.15) is 17.1 Å². The van der Waals surface area contributed by atoms with Crippen molar-refractivity contribution < 1.29 is 17.9 Å². The van der Waals surface area contributed by atoms with E-state index in [1.165, 1.54) is 18.8 Å². The molecule has 1 heterocycles. The monoisotopic (exact) mass is 331 g/mol. The molecule has 0 bridgehead atoms. The van der Waals surface area contributed by atoms with Gasteiger partial charge in [-0.2, -0.15) is 0 Å². The third-order valence-electron chi connectivity index (χ3n) is 2.90. The zero-order chi connectivity index (χ0) is 15.6. The molecule has 0 fully saturated rings. The van der Waals surface area contributed by atoms with Gasteiger partial charge in [0, 0.05) is 17.2 Å². The van der Waals surface area contributed by atoms with Crippen molar-refractivity contribution in [1.82, 2.24) is 14.8 Å². The Morgan fingerprint density at radius 3 is 2.19 bits per heavy atom. The summed E-state index contributed by atoms with van der Waals surface area (Å²) in [4.78, 5) is 0. The second-order valence-corrected chi connectivity index (χ2v) is 6.49. The first-order valence-electron chi connectivity index (χ1n) is 6.03. The van der Waals surface area contributed by atoms with Crippen LogP contribution in [0.15, 0.2) is 23.4 Å². The summed E-state index contributed by atoms with van der Waals surface area (Å²) in [5.41, 5.74) is 0.517. The molecule has 0 amide bonds. The Morgan fingerprint density at radius 2 is 1.76 bits per heavy atom. The zero-order valence-corrected chi connectivity index (χ0v) is 13.3. The lowest BCUT2D eigenvalue weighted by atomic mass is 10.1. The van der Waals surface area contributed by atoms with Crippen molar-refractivity contribution in [1.29, 1.82) is 0 Å². The molecule has 0 saturated carbocycles. The second kappa shape index (κ2) is 5.90. The maximum atomic E-state index is 11.5. The highest BCUT2D eigenvalue weighted by Crippen LogP contribution is 2.38. The maximum Gasteiger partial charge on any atom is 0.296 e. The molecule has 2 rings (SSSR count). The lowest BCUT2D eigenvalue weighted by molar-refractivity contribution is 0.396. The van der Waals surface area contributed by atoms with Crippen molar-refractivity contribution >= 4 is 19.7 Å². The van der Waals surface area contributed by atoms with Crippen LogP contribution in [0.1, 0.15) is 6.92 Å². The summed E-state index contributed by atoms with van der Waals surface area (Å²) >= 11 is 0. The quantitative estimate of drug-likeness (QED) is 0.778. The average molecular weight is 332 g/mol. The maximum absolute atomic E-state index is 11.5. The van der Waals surface area contributed by atoms with E-state index in [0.29, 0.717) is 29.4 Å². The lowest BCUT2D eigenvalue weighted by Crippen LogP contribution is -2.07. The Labute approximate surface area is 126 Å². The summed E-state index contributed by atoms with van der Waals surface area (Å²) in [7, 11) is 4.39. The highest BCUT2D eigenvalue weighted by Gasteiger charge is 2.25. The molecule has 7 nitrogen and oxygen atoms in total. The number of benzene rings is 1. The summed E-state index contributed by atoms with van der Waals surface area (Å²) in [6, 6.07) is 5.20. The summed E-state index contributed by atoms with van der Waals surface area (Å²) in [5.74, 6) is 1.30. The van der Waals surface area contributed by atoms with E-state index in [2.05, 4.69) is 10.2 Å². The van der Waals surface area contributed by atoms with E-state index in [1.54, 1.807) is 25.1 Å². The zero-order valence-electron chi connectivity index (χ0n) is 11.7. The number of nitrogens with zero attached hydrogens (tertiary/aromatic N) is 3. The van der Waals surface area contributed by atoms with Crippen LogP contribution in [0.5, 0.6) is 11.5 Å². The molecule has 0 radical (unpaired) electrons. The minimum atomic E-state index is -3.99. The standard InChI is InChI=1S/C12H14ClN3O4S/c1-4-16-11(14-15-12(16)21(13,17)18)10-8(19-2)6-5-7-9(10)20-3/h5-7H,4H2,1-3H3. The molecule has 0 atom stereocenters. The fourth-order valence-electron chi connectivity index (χ4n) is 2.01. The molecule has 0 N–H and O–H groups in total. The van der Waals surface area contributed by atoms with Crippen molar-refractivity contribution in [3.63, 3.8) is 0 Å². The third-order valence-corrected chi connectivity index (χ3v) is 4.05. The van der Waals surface area contributed by atoms with Crippen LogP contribution in [0.25, 0.3) is 11.4 Å². The molecule has 0 aliphatic rings. The molecule has 0 unspecified atom stereocenters. The van der Waals surface area contributed by atoms with Crippen LogP contribution in [-0.2, 0) is 15.6 Å². The van der Waals surface area contributed by atoms with E-state index in [0.717, 1.165) is 0 Å². The van der Waals surface area contributed by atoms with E-state index in [4.69, 9.17) is 20.2 Å². The predicted octanol–water partition coefficient (Wildman–Crippen LogP) is 1.91. The summed E-state index contributed by atoms with van der Waals surface area (Å²) in [5, 5.41) is 7.29. The first-order valence-corrected chi connectivity index (χ1v) is 8.34. The molecule has 0 saturated heterocycles. The van der Waals surface area contributed by atoms with Crippen LogP contribution in [0, 0.1) is 0 Å².